The number of thiocarbonyl (C=S) groups is 1. The van der Waals surface area contributed by atoms with Gasteiger partial charge in [0.1, 0.15) is 0 Å². The topological polar surface area (TPSA) is 58.4 Å². The second kappa shape index (κ2) is 8.45. The number of benzene rings is 2. The molecule has 0 aliphatic rings. The van der Waals surface area contributed by atoms with Gasteiger partial charge in [-0.15, -0.1) is 0 Å². The average molecular weight is 341 g/mol. The van der Waals surface area contributed by atoms with E-state index in [0.29, 0.717) is 18.2 Å². The van der Waals surface area contributed by atoms with Gasteiger partial charge in [0.15, 0.2) is 5.11 Å². The number of hydrogen-bond donors (Lipinski definition) is 2. The minimum Gasteiger partial charge on any atom is -0.370 e. The van der Waals surface area contributed by atoms with E-state index in [0.717, 1.165) is 16.8 Å². The molecule has 0 atom stereocenters. The van der Waals surface area contributed by atoms with E-state index in [1.165, 1.54) is 5.56 Å². The van der Waals surface area contributed by atoms with Crippen LogP contribution in [0.4, 0.5) is 5.69 Å². The standard InChI is InChI=1S/C19H23N3OS/c1-14-7-6-10-17(15(14)2)21-19(24)22(12-11-18(20)23)13-16-8-4-3-5-9-16/h3-10H,11-13H2,1-2H3,(H2,20,23)(H,21,24). The summed E-state index contributed by atoms with van der Waals surface area (Å²) >= 11 is 5.57. The Hall–Kier alpha value is -2.40. The lowest BCUT2D eigenvalue weighted by molar-refractivity contribution is -0.118. The van der Waals surface area contributed by atoms with Crippen LogP contribution in [0.5, 0.6) is 0 Å². The van der Waals surface area contributed by atoms with Crippen LogP contribution in [0.1, 0.15) is 23.1 Å². The zero-order valence-corrected chi connectivity index (χ0v) is 14.9. The SMILES string of the molecule is Cc1cccc(NC(=S)N(CCC(N)=O)Cc2ccccc2)c1C. The van der Waals surface area contributed by atoms with Crippen molar-refractivity contribution in [2.75, 3.05) is 11.9 Å². The summed E-state index contributed by atoms with van der Waals surface area (Å²) in [5.74, 6) is -0.331. The molecule has 0 aliphatic carbocycles. The summed E-state index contributed by atoms with van der Waals surface area (Å²) < 4.78 is 0. The van der Waals surface area contributed by atoms with Crippen molar-refractivity contribution in [3.63, 3.8) is 0 Å². The third-order valence-electron chi connectivity index (χ3n) is 3.98. The molecule has 1 amide bonds. The van der Waals surface area contributed by atoms with Crippen LogP contribution in [-0.2, 0) is 11.3 Å². The molecule has 0 aliphatic heterocycles. The van der Waals surface area contributed by atoms with Crippen LogP contribution in [0.15, 0.2) is 48.5 Å². The highest BCUT2D eigenvalue weighted by atomic mass is 32.1. The lowest BCUT2D eigenvalue weighted by Crippen LogP contribution is -2.36. The highest BCUT2D eigenvalue weighted by Gasteiger charge is 2.13. The summed E-state index contributed by atoms with van der Waals surface area (Å²) in [7, 11) is 0. The van der Waals surface area contributed by atoms with Crippen LogP contribution in [0.3, 0.4) is 0 Å². The van der Waals surface area contributed by atoms with E-state index in [2.05, 4.69) is 25.2 Å². The molecule has 0 radical (unpaired) electrons. The van der Waals surface area contributed by atoms with Crippen LogP contribution in [0, 0.1) is 13.8 Å². The fourth-order valence-corrected chi connectivity index (χ4v) is 2.65. The van der Waals surface area contributed by atoms with Crippen LogP contribution in [0.2, 0.25) is 0 Å². The fraction of sp³-hybridized carbons (Fsp3) is 0.263. The number of nitrogens with zero attached hydrogens (tertiary/aromatic N) is 1. The Bertz CT molecular complexity index is 716. The molecule has 0 spiro atoms. The third kappa shape index (κ3) is 5.06. The van der Waals surface area contributed by atoms with Gasteiger partial charge in [0, 0.05) is 25.2 Å². The first kappa shape index (κ1) is 17.9. The van der Waals surface area contributed by atoms with Crippen molar-refractivity contribution in [3.8, 4) is 0 Å². The molecule has 0 saturated heterocycles. The summed E-state index contributed by atoms with van der Waals surface area (Å²) in [5.41, 5.74) is 9.78. The van der Waals surface area contributed by atoms with Gasteiger partial charge in [-0.05, 0) is 48.8 Å². The van der Waals surface area contributed by atoms with Gasteiger partial charge in [0.2, 0.25) is 5.91 Å². The number of nitrogens with one attached hydrogen (secondary N) is 1. The molecule has 0 heterocycles. The number of hydrogen-bond acceptors (Lipinski definition) is 2. The number of primary amides is 1. The zero-order chi connectivity index (χ0) is 17.5. The summed E-state index contributed by atoms with van der Waals surface area (Å²) in [6, 6.07) is 16.1. The molecular weight excluding hydrogens is 318 g/mol. The number of rotatable bonds is 6. The molecule has 2 rings (SSSR count). The summed E-state index contributed by atoms with van der Waals surface area (Å²) in [4.78, 5) is 13.1. The van der Waals surface area contributed by atoms with Crippen molar-refractivity contribution in [1.29, 1.82) is 0 Å². The highest BCUT2D eigenvalue weighted by molar-refractivity contribution is 7.80. The fourth-order valence-electron chi connectivity index (χ4n) is 2.38. The van der Waals surface area contributed by atoms with Crippen molar-refractivity contribution in [1.82, 2.24) is 4.90 Å². The summed E-state index contributed by atoms with van der Waals surface area (Å²) in [6.45, 7) is 5.25. The molecule has 0 unspecified atom stereocenters. The maximum absolute atomic E-state index is 11.2. The molecule has 4 nitrogen and oxygen atoms in total. The first-order chi connectivity index (χ1) is 11.5. The first-order valence-corrected chi connectivity index (χ1v) is 8.32. The smallest absolute Gasteiger partial charge is 0.219 e. The van der Waals surface area contributed by atoms with Gasteiger partial charge in [-0.25, -0.2) is 0 Å². The number of carbonyl (C=O) groups excluding carboxylic acids is 1. The molecule has 5 heteroatoms. The molecule has 2 aromatic rings. The lowest BCUT2D eigenvalue weighted by Gasteiger charge is -2.26. The Labute approximate surface area is 148 Å². The maximum Gasteiger partial charge on any atom is 0.219 e. The van der Waals surface area contributed by atoms with Crippen LogP contribution in [-0.4, -0.2) is 22.5 Å². The van der Waals surface area contributed by atoms with Gasteiger partial charge in [0.25, 0.3) is 0 Å². The van der Waals surface area contributed by atoms with Gasteiger partial charge in [-0.1, -0.05) is 42.5 Å². The second-order valence-corrected chi connectivity index (χ2v) is 6.19. The number of carbonyl (C=O) groups is 1. The minimum atomic E-state index is -0.331. The minimum absolute atomic E-state index is 0.265. The number of aryl methyl sites for hydroxylation is 1. The van der Waals surface area contributed by atoms with Crippen LogP contribution < -0.4 is 11.1 Å². The highest BCUT2D eigenvalue weighted by Crippen LogP contribution is 2.19. The van der Waals surface area contributed by atoms with Gasteiger partial charge in [-0.3, -0.25) is 4.79 Å². The average Bonchev–Trinajstić information content (AvgIpc) is 2.56. The van der Waals surface area contributed by atoms with E-state index in [9.17, 15) is 4.79 Å². The second-order valence-electron chi connectivity index (χ2n) is 5.80. The molecule has 24 heavy (non-hydrogen) atoms. The van der Waals surface area contributed by atoms with E-state index in [4.69, 9.17) is 18.0 Å². The Morgan fingerprint density at radius 2 is 1.83 bits per heavy atom. The summed E-state index contributed by atoms with van der Waals surface area (Å²) in [5, 5.41) is 3.89. The predicted molar refractivity (Wildman–Crippen MR) is 103 cm³/mol. The Morgan fingerprint density at radius 1 is 1.12 bits per heavy atom. The Kier molecular flexibility index (Phi) is 6.32. The molecule has 2 aromatic carbocycles. The van der Waals surface area contributed by atoms with E-state index in [1.54, 1.807) is 0 Å². The van der Waals surface area contributed by atoms with E-state index in [1.807, 2.05) is 47.4 Å². The normalized spacial score (nSPS) is 10.2. The zero-order valence-electron chi connectivity index (χ0n) is 14.1. The van der Waals surface area contributed by atoms with E-state index < -0.39 is 0 Å². The number of anilines is 1. The molecule has 0 bridgehead atoms. The van der Waals surface area contributed by atoms with Crippen molar-refractivity contribution >= 4 is 28.9 Å². The molecule has 0 aromatic heterocycles. The van der Waals surface area contributed by atoms with Crippen LogP contribution >= 0.6 is 12.2 Å². The maximum atomic E-state index is 11.2. The third-order valence-corrected chi connectivity index (χ3v) is 4.34. The first-order valence-electron chi connectivity index (χ1n) is 7.91. The van der Waals surface area contributed by atoms with Crippen molar-refractivity contribution in [2.45, 2.75) is 26.8 Å². The monoisotopic (exact) mass is 341 g/mol. The molecule has 0 saturated carbocycles. The number of amides is 1. The van der Waals surface area contributed by atoms with E-state index >= 15 is 0 Å². The van der Waals surface area contributed by atoms with Gasteiger partial charge >= 0.3 is 0 Å². The summed E-state index contributed by atoms with van der Waals surface area (Å²) in [6.07, 6.45) is 0.265. The van der Waals surface area contributed by atoms with Crippen LogP contribution in [0.25, 0.3) is 0 Å². The Balaban J connectivity index is 2.14. The van der Waals surface area contributed by atoms with Gasteiger partial charge in [0.05, 0.1) is 0 Å². The molecule has 0 fully saturated rings. The van der Waals surface area contributed by atoms with E-state index in [-0.39, 0.29) is 12.3 Å². The van der Waals surface area contributed by atoms with Crippen molar-refractivity contribution in [3.05, 3.63) is 65.2 Å². The Morgan fingerprint density at radius 3 is 2.50 bits per heavy atom. The van der Waals surface area contributed by atoms with Gasteiger partial charge in [-0.2, -0.15) is 0 Å². The molecular formula is C19H23N3OS. The lowest BCUT2D eigenvalue weighted by atomic mass is 10.1. The molecule has 126 valence electrons. The van der Waals surface area contributed by atoms with Crippen molar-refractivity contribution < 1.29 is 4.79 Å². The predicted octanol–water partition coefficient (Wildman–Crippen LogP) is 3.38. The molecule has 3 N–H and O–H groups in total. The largest absolute Gasteiger partial charge is 0.370 e. The van der Waals surface area contributed by atoms with Crippen molar-refractivity contribution in [2.24, 2.45) is 5.73 Å². The number of nitrogens with two attached hydrogens (primary N) is 1. The quantitative estimate of drug-likeness (QED) is 0.791. The van der Waals surface area contributed by atoms with Gasteiger partial charge < -0.3 is 16.0 Å².